The van der Waals surface area contributed by atoms with Crippen molar-refractivity contribution in [2.45, 2.75) is 39.2 Å². The van der Waals surface area contributed by atoms with E-state index in [9.17, 15) is 4.79 Å². The van der Waals surface area contributed by atoms with Crippen molar-refractivity contribution >= 4 is 17.0 Å². The summed E-state index contributed by atoms with van der Waals surface area (Å²) in [7, 11) is 0. The predicted molar refractivity (Wildman–Crippen MR) is 70.9 cm³/mol. The lowest BCUT2D eigenvalue weighted by Gasteiger charge is -2.16. The van der Waals surface area contributed by atoms with Gasteiger partial charge < -0.3 is 9.67 Å². The van der Waals surface area contributed by atoms with Crippen LogP contribution in [-0.4, -0.2) is 20.6 Å². The maximum atomic E-state index is 11.1. The van der Waals surface area contributed by atoms with Crippen LogP contribution < -0.4 is 0 Å². The summed E-state index contributed by atoms with van der Waals surface area (Å²) in [5.74, 6) is -0.922. The highest BCUT2D eigenvalue weighted by Crippen LogP contribution is 2.25. The van der Waals surface area contributed by atoms with Gasteiger partial charge in [-0.15, -0.1) is 0 Å². The van der Waals surface area contributed by atoms with E-state index in [2.05, 4.69) is 23.4 Å². The number of carboxylic acid groups (broad SMARTS) is 1. The molecule has 0 bridgehead atoms. The van der Waals surface area contributed by atoms with Crippen molar-refractivity contribution < 1.29 is 9.90 Å². The van der Waals surface area contributed by atoms with Crippen molar-refractivity contribution in [3.63, 3.8) is 0 Å². The van der Waals surface area contributed by atoms with E-state index in [4.69, 9.17) is 5.11 Å². The minimum absolute atomic E-state index is 0.276. The van der Waals surface area contributed by atoms with Gasteiger partial charge in [0.1, 0.15) is 5.52 Å². The molecule has 0 saturated heterocycles. The molecular weight excluding hydrogens is 228 g/mol. The van der Waals surface area contributed by atoms with E-state index in [1.54, 1.807) is 18.5 Å². The Morgan fingerprint density at radius 3 is 2.83 bits per heavy atom. The number of para-hydroxylation sites is 1. The van der Waals surface area contributed by atoms with Crippen LogP contribution in [0.1, 0.15) is 49.5 Å². The summed E-state index contributed by atoms with van der Waals surface area (Å²) in [6.07, 6.45) is 4.98. The first-order valence-corrected chi connectivity index (χ1v) is 6.37. The molecule has 0 aliphatic heterocycles. The van der Waals surface area contributed by atoms with Crippen molar-refractivity contribution in [1.29, 1.82) is 0 Å². The highest BCUT2D eigenvalue weighted by atomic mass is 16.4. The van der Waals surface area contributed by atoms with E-state index in [0.717, 1.165) is 24.8 Å². The smallest absolute Gasteiger partial charge is 0.337 e. The van der Waals surface area contributed by atoms with E-state index < -0.39 is 5.97 Å². The van der Waals surface area contributed by atoms with Crippen LogP contribution in [0.15, 0.2) is 24.5 Å². The number of imidazole rings is 1. The van der Waals surface area contributed by atoms with Gasteiger partial charge in [-0.1, -0.05) is 26.3 Å². The van der Waals surface area contributed by atoms with Crippen molar-refractivity contribution in [2.75, 3.05) is 0 Å². The maximum Gasteiger partial charge on any atom is 0.337 e. The second-order valence-corrected chi connectivity index (χ2v) is 4.48. The fourth-order valence-corrected chi connectivity index (χ4v) is 2.39. The Hall–Kier alpha value is -1.84. The Kier molecular flexibility index (Phi) is 3.65. The van der Waals surface area contributed by atoms with Crippen molar-refractivity contribution in [1.82, 2.24) is 9.55 Å². The minimum Gasteiger partial charge on any atom is -0.478 e. The normalized spacial score (nSPS) is 12.8. The Morgan fingerprint density at radius 1 is 1.44 bits per heavy atom. The second kappa shape index (κ2) is 5.21. The molecule has 0 aliphatic carbocycles. The molecule has 0 aliphatic rings. The van der Waals surface area contributed by atoms with Gasteiger partial charge in [0.25, 0.3) is 0 Å². The molecule has 1 aromatic carbocycles. The molecule has 2 aromatic rings. The molecule has 1 aromatic heterocycles. The first-order valence-electron chi connectivity index (χ1n) is 6.37. The number of hydrogen-bond acceptors (Lipinski definition) is 2. The maximum absolute atomic E-state index is 11.1. The Balaban J connectivity index is 2.54. The highest BCUT2D eigenvalue weighted by molar-refractivity contribution is 6.00. The Morgan fingerprint density at radius 2 is 2.22 bits per heavy atom. The Labute approximate surface area is 106 Å². The molecule has 1 atom stereocenters. The third-order valence-electron chi connectivity index (χ3n) is 3.32. The average Bonchev–Trinajstić information content (AvgIpc) is 2.79. The van der Waals surface area contributed by atoms with Gasteiger partial charge in [-0.25, -0.2) is 9.78 Å². The van der Waals surface area contributed by atoms with Crippen LogP contribution in [0.4, 0.5) is 0 Å². The standard InChI is InChI=1S/C14H18N2O2/c1-3-6-10(4-2)16-9-15-13-11(14(17)18)7-5-8-12(13)16/h5,7-10H,3-4,6H2,1-2H3,(H,17,18). The predicted octanol–water partition coefficient (Wildman–Crippen LogP) is 3.49. The zero-order chi connectivity index (χ0) is 13.1. The number of hydrogen-bond donors (Lipinski definition) is 1. The van der Waals surface area contributed by atoms with Gasteiger partial charge >= 0.3 is 5.97 Å². The van der Waals surface area contributed by atoms with Gasteiger partial charge in [-0.2, -0.15) is 0 Å². The highest BCUT2D eigenvalue weighted by Gasteiger charge is 2.15. The molecule has 0 amide bonds. The lowest BCUT2D eigenvalue weighted by atomic mass is 10.1. The van der Waals surface area contributed by atoms with Crippen LogP contribution >= 0.6 is 0 Å². The largest absolute Gasteiger partial charge is 0.478 e. The SMILES string of the molecule is CCCC(CC)n1cnc2c(C(=O)O)cccc21. The summed E-state index contributed by atoms with van der Waals surface area (Å²) in [6, 6.07) is 5.71. The number of aromatic carboxylic acids is 1. The number of rotatable bonds is 5. The van der Waals surface area contributed by atoms with Gasteiger partial charge in [-0.3, -0.25) is 0 Å². The van der Waals surface area contributed by atoms with Crippen LogP contribution in [0.2, 0.25) is 0 Å². The number of nitrogens with zero attached hydrogens (tertiary/aromatic N) is 2. The molecule has 18 heavy (non-hydrogen) atoms. The molecule has 1 unspecified atom stereocenters. The molecule has 0 radical (unpaired) electrons. The Bertz CT molecular complexity index is 560. The molecule has 4 heteroatoms. The van der Waals surface area contributed by atoms with E-state index in [1.807, 2.05) is 6.07 Å². The number of aromatic nitrogens is 2. The molecule has 0 saturated carbocycles. The summed E-state index contributed by atoms with van der Waals surface area (Å²) < 4.78 is 2.10. The molecular formula is C14H18N2O2. The van der Waals surface area contributed by atoms with Crippen molar-refractivity contribution in [3.05, 3.63) is 30.1 Å². The molecule has 0 spiro atoms. The van der Waals surface area contributed by atoms with Gasteiger partial charge in [0, 0.05) is 6.04 Å². The summed E-state index contributed by atoms with van der Waals surface area (Å²) in [5, 5.41) is 9.14. The lowest BCUT2D eigenvalue weighted by Crippen LogP contribution is -2.06. The van der Waals surface area contributed by atoms with Gasteiger partial charge in [-0.05, 0) is 25.0 Å². The van der Waals surface area contributed by atoms with E-state index >= 15 is 0 Å². The van der Waals surface area contributed by atoms with Crippen molar-refractivity contribution in [3.8, 4) is 0 Å². The molecule has 4 nitrogen and oxygen atoms in total. The van der Waals surface area contributed by atoms with Crippen LogP contribution in [0.25, 0.3) is 11.0 Å². The van der Waals surface area contributed by atoms with E-state index in [-0.39, 0.29) is 5.56 Å². The minimum atomic E-state index is -0.922. The third kappa shape index (κ3) is 2.10. The monoisotopic (exact) mass is 246 g/mol. The third-order valence-corrected chi connectivity index (χ3v) is 3.32. The summed E-state index contributed by atoms with van der Waals surface area (Å²) in [5.41, 5.74) is 1.77. The molecule has 0 fully saturated rings. The first kappa shape index (κ1) is 12.6. The van der Waals surface area contributed by atoms with E-state index in [0.29, 0.717) is 11.6 Å². The molecule has 1 N–H and O–H groups in total. The van der Waals surface area contributed by atoms with Gasteiger partial charge in [0.2, 0.25) is 0 Å². The quantitative estimate of drug-likeness (QED) is 0.878. The average molecular weight is 246 g/mol. The van der Waals surface area contributed by atoms with Crippen molar-refractivity contribution in [2.24, 2.45) is 0 Å². The fraction of sp³-hybridized carbons (Fsp3) is 0.429. The van der Waals surface area contributed by atoms with Crippen LogP contribution in [0.3, 0.4) is 0 Å². The van der Waals surface area contributed by atoms with Crippen LogP contribution in [-0.2, 0) is 0 Å². The number of fused-ring (bicyclic) bond motifs is 1. The van der Waals surface area contributed by atoms with E-state index in [1.165, 1.54) is 0 Å². The second-order valence-electron chi connectivity index (χ2n) is 4.48. The number of benzene rings is 1. The fourth-order valence-electron chi connectivity index (χ4n) is 2.39. The van der Waals surface area contributed by atoms with Crippen LogP contribution in [0.5, 0.6) is 0 Å². The zero-order valence-electron chi connectivity index (χ0n) is 10.8. The zero-order valence-corrected chi connectivity index (χ0v) is 10.8. The lowest BCUT2D eigenvalue weighted by molar-refractivity contribution is 0.0699. The van der Waals surface area contributed by atoms with Gasteiger partial charge in [0.15, 0.2) is 0 Å². The molecule has 1 heterocycles. The van der Waals surface area contributed by atoms with Gasteiger partial charge in [0.05, 0.1) is 17.4 Å². The molecule has 96 valence electrons. The summed E-state index contributed by atoms with van der Waals surface area (Å²) in [4.78, 5) is 15.4. The summed E-state index contributed by atoms with van der Waals surface area (Å²) >= 11 is 0. The molecule has 2 rings (SSSR count). The number of carbonyl (C=O) groups is 1. The topological polar surface area (TPSA) is 55.1 Å². The summed E-state index contributed by atoms with van der Waals surface area (Å²) in [6.45, 7) is 4.30. The number of carboxylic acids is 1. The van der Waals surface area contributed by atoms with Crippen LogP contribution in [0, 0.1) is 0 Å². The first-order chi connectivity index (χ1) is 8.69.